The first-order chi connectivity index (χ1) is 8.31. The Morgan fingerprint density at radius 3 is 1.82 bits per heavy atom. The molecule has 0 aliphatic carbocycles. The van der Waals surface area contributed by atoms with Crippen molar-refractivity contribution in [2.24, 2.45) is 0 Å². The predicted octanol–water partition coefficient (Wildman–Crippen LogP) is 4.52. The fraction of sp³-hybridized carbons (Fsp3) is 0.875. The molecule has 0 rings (SSSR count). The summed E-state index contributed by atoms with van der Waals surface area (Å²) in [5.41, 5.74) is 0. The van der Waals surface area contributed by atoms with E-state index in [-0.39, 0.29) is 0 Å². The minimum atomic E-state index is 0.686. The van der Waals surface area contributed by atoms with Gasteiger partial charge in [-0.1, -0.05) is 51.4 Å². The third kappa shape index (κ3) is 13.5. The van der Waals surface area contributed by atoms with E-state index in [1.54, 1.807) is 0 Å². The van der Waals surface area contributed by atoms with Crippen LogP contribution in [0, 0.1) is 12.3 Å². The van der Waals surface area contributed by atoms with Crippen LogP contribution in [0.1, 0.15) is 77.6 Å². The highest BCUT2D eigenvalue weighted by Gasteiger charge is 1.97. The Morgan fingerprint density at radius 2 is 1.35 bits per heavy atom. The van der Waals surface area contributed by atoms with E-state index >= 15 is 0 Å². The Labute approximate surface area is 109 Å². The van der Waals surface area contributed by atoms with Gasteiger partial charge in [-0.05, 0) is 26.8 Å². The van der Waals surface area contributed by atoms with Crippen LogP contribution in [0.4, 0.5) is 0 Å². The summed E-state index contributed by atoms with van der Waals surface area (Å²) in [6, 6.07) is 0.686. The molecule has 17 heavy (non-hydrogen) atoms. The van der Waals surface area contributed by atoms with Crippen molar-refractivity contribution >= 4 is 0 Å². The van der Waals surface area contributed by atoms with Crippen molar-refractivity contribution in [1.29, 1.82) is 0 Å². The molecule has 0 amide bonds. The zero-order valence-electron chi connectivity index (χ0n) is 11.9. The maximum atomic E-state index is 5.21. The topological polar surface area (TPSA) is 12.0 Å². The lowest BCUT2D eigenvalue weighted by molar-refractivity contribution is 0.503. The van der Waals surface area contributed by atoms with Crippen LogP contribution < -0.4 is 5.32 Å². The standard InChI is InChI=1S/C16H31N/c1-4-5-6-7-8-9-10-11-12-13-14-15-16(2)17-3/h1,16-17H,5-15H2,2-3H3. The second-order valence-corrected chi connectivity index (χ2v) is 5.11. The summed E-state index contributed by atoms with van der Waals surface area (Å²) in [7, 11) is 2.05. The summed E-state index contributed by atoms with van der Waals surface area (Å²) in [6.45, 7) is 2.26. The maximum absolute atomic E-state index is 5.21. The molecule has 1 unspecified atom stereocenters. The normalized spacial score (nSPS) is 12.3. The second kappa shape index (κ2) is 13.6. The van der Waals surface area contributed by atoms with Gasteiger partial charge >= 0.3 is 0 Å². The maximum Gasteiger partial charge on any atom is 0.00860 e. The molecule has 0 aromatic carbocycles. The summed E-state index contributed by atoms with van der Waals surface area (Å²) >= 11 is 0. The third-order valence-corrected chi connectivity index (χ3v) is 3.45. The fourth-order valence-corrected chi connectivity index (χ4v) is 2.06. The zero-order valence-corrected chi connectivity index (χ0v) is 11.9. The largest absolute Gasteiger partial charge is 0.317 e. The Kier molecular flexibility index (Phi) is 13.2. The van der Waals surface area contributed by atoms with Crippen LogP contribution in [-0.2, 0) is 0 Å². The first kappa shape index (κ1) is 16.5. The highest BCUT2D eigenvalue weighted by atomic mass is 14.8. The molecule has 1 nitrogen and oxygen atoms in total. The van der Waals surface area contributed by atoms with Crippen LogP contribution in [-0.4, -0.2) is 13.1 Å². The predicted molar refractivity (Wildman–Crippen MR) is 78.1 cm³/mol. The van der Waals surface area contributed by atoms with E-state index < -0.39 is 0 Å². The van der Waals surface area contributed by atoms with Gasteiger partial charge in [-0.2, -0.15) is 0 Å². The van der Waals surface area contributed by atoms with E-state index in [0.717, 1.165) is 6.42 Å². The molecule has 0 aliphatic heterocycles. The third-order valence-electron chi connectivity index (χ3n) is 3.45. The van der Waals surface area contributed by atoms with Crippen molar-refractivity contribution in [3.05, 3.63) is 0 Å². The van der Waals surface area contributed by atoms with Crippen molar-refractivity contribution in [2.45, 2.75) is 83.6 Å². The molecule has 1 N–H and O–H groups in total. The minimum Gasteiger partial charge on any atom is -0.317 e. The van der Waals surface area contributed by atoms with Crippen LogP contribution >= 0.6 is 0 Å². The first-order valence-corrected chi connectivity index (χ1v) is 7.42. The Morgan fingerprint density at radius 1 is 0.882 bits per heavy atom. The molecule has 0 bridgehead atoms. The zero-order chi connectivity index (χ0) is 12.8. The molecular weight excluding hydrogens is 206 g/mol. The van der Waals surface area contributed by atoms with E-state index in [9.17, 15) is 0 Å². The molecule has 0 fully saturated rings. The number of terminal acetylenes is 1. The first-order valence-electron chi connectivity index (χ1n) is 7.42. The summed E-state index contributed by atoms with van der Waals surface area (Å²) in [5.74, 6) is 2.70. The number of hydrogen-bond acceptors (Lipinski definition) is 1. The van der Waals surface area contributed by atoms with Crippen molar-refractivity contribution in [3.8, 4) is 12.3 Å². The lowest BCUT2D eigenvalue weighted by Crippen LogP contribution is -2.20. The fourth-order valence-electron chi connectivity index (χ4n) is 2.06. The Hall–Kier alpha value is -0.480. The van der Waals surface area contributed by atoms with Gasteiger partial charge in [0.25, 0.3) is 0 Å². The summed E-state index contributed by atoms with van der Waals surface area (Å²) < 4.78 is 0. The highest BCUT2D eigenvalue weighted by Crippen LogP contribution is 2.11. The van der Waals surface area contributed by atoms with Gasteiger partial charge in [0.05, 0.1) is 0 Å². The number of unbranched alkanes of at least 4 members (excludes halogenated alkanes) is 9. The van der Waals surface area contributed by atoms with Gasteiger partial charge in [-0.15, -0.1) is 12.3 Å². The van der Waals surface area contributed by atoms with Crippen LogP contribution in [0.3, 0.4) is 0 Å². The molecule has 0 heterocycles. The lowest BCUT2D eigenvalue weighted by atomic mass is 10.0. The van der Waals surface area contributed by atoms with Gasteiger partial charge in [0.2, 0.25) is 0 Å². The summed E-state index contributed by atoms with van der Waals surface area (Å²) in [5, 5.41) is 3.29. The molecule has 0 spiro atoms. The molecule has 1 atom stereocenters. The van der Waals surface area contributed by atoms with Gasteiger partial charge in [0, 0.05) is 12.5 Å². The average Bonchev–Trinajstić information content (AvgIpc) is 2.35. The molecule has 0 aromatic rings. The minimum absolute atomic E-state index is 0.686. The smallest absolute Gasteiger partial charge is 0.00860 e. The van der Waals surface area contributed by atoms with Crippen molar-refractivity contribution < 1.29 is 0 Å². The van der Waals surface area contributed by atoms with Gasteiger partial charge in [0.1, 0.15) is 0 Å². The van der Waals surface area contributed by atoms with Crippen molar-refractivity contribution in [2.75, 3.05) is 7.05 Å². The number of hydrogen-bond donors (Lipinski definition) is 1. The second-order valence-electron chi connectivity index (χ2n) is 5.11. The van der Waals surface area contributed by atoms with E-state index in [0.29, 0.717) is 6.04 Å². The van der Waals surface area contributed by atoms with Crippen molar-refractivity contribution in [3.63, 3.8) is 0 Å². The molecular formula is C16H31N. The molecule has 100 valence electrons. The van der Waals surface area contributed by atoms with Crippen LogP contribution in [0.5, 0.6) is 0 Å². The molecule has 0 radical (unpaired) electrons. The quantitative estimate of drug-likeness (QED) is 0.389. The van der Waals surface area contributed by atoms with E-state index in [1.807, 2.05) is 7.05 Å². The average molecular weight is 237 g/mol. The van der Waals surface area contributed by atoms with Crippen LogP contribution in [0.25, 0.3) is 0 Å². The Balaban J connectivity index is 2.97. The molecule has 0 saturated carbocycles. The lowest BCUT2D eigenvalue weighted by Gasteiger charge is -2.08. The van der Waals surface area contributed by atoms with Gasteiger partial charge in [-0.25, -0.2) is 0 Å². The monoisotopic (exact) mass is 237 g/mol. The molecule has 1 heteroatoms. The van der Waals surface area contributed by atoms with Crippen LogP contribution in [0.2, 0.25) is 0 Å². The summed E-state index contributed by atoms with van der Waals surface area (Å²) in [4.78, 5) is 0. The van der Waals surface area contributed by atoms with Gasteiger partial charge in [-0.3, -0.25) is 0 Å². The molecule has 0 saturated heterocycles. The van der Waals surface area contributed by atoms with E-state index in [1.165, 1.54) is 64.2 Å². The van der Waals surface area contributed by atoms with E-state index in [2.05, 4.69) is 18.2 Å². The molecule has 0 aromatic heterocycles. The number of rotatable bonds is 12. The molecule has 0 aliphatic rings. The summed E-state index contributed by atoms with van der Waals surface area (Å²) in [6.07, 6.45) is 19.9. The highest BCUT2D eigenvalue weighted by molar-refractivity contribution is 4.82. The van der Waals surface area contributed by atoms with Crippen molar-refractivity contribution in [1.82, 2.24) is 5.32 Å². The Bertz CT molecular complexity index is 180. The SMILES string of the molecule is C#CCCCCCCCCCCCC(C)NC. The van der Waals surface area contributed by atoms with Crippen LogP contribution in [0.15, 0.2) is 0 Å². The van der Waals surface area contributed by atoms with Gasteiger partial charge < -0.3 is 5.32 Å². The van der Waals surface area contributed by atoms with E-state index in [4.69, 9.17) is 6.42 Å². The van der Waals surface area contributed by atoms with Gasteiger partial charge in [0.15, 0.2) is 0 Å². The number of nitrogens with one attached hydrogen (secondary N) is 1.